The van der Waals surface area contributed by atoms with Crippen molar-refractivity contribution in [1.29, 1.82) is 0 Å². The van der Waals surface area contributed by atoms with Crippen LogP contribution in [-0.4, -0.2) is 13.2 Å². The van der Waals surface area contributed by atoms with Gasteiger partial charge in [-0.05, 0) is 24.7 Å². The van der Waals surface area contributed by atoms with E-state index in [1.807, 2.05) is 0 Å². The van der Waals surface area contributed by atoms with Gasteiger partial charge in [0.1, 0.15) is 0 Å². The normalized spacial score (nSPS) is 16.4. The highest BCUT2D eigenvalue weighted by atomic mass is 17.2. The molecule has 0 amide bonds. The molecule has 0 radical (unpaired) electrons. The van der Waals surface area contributed by atoms with Crippen LogP contribution in [-0.2, 0) is 9.78 Å². The lowest BCUT2D eigenvalue weighted by Gasteiger charge is -2.17. The fourth-order valence-electron chi connectivity index (χ4n) is 15.2. The summed E-state index contributed by atoms with van der Waals surface area (Å²) >= 11 is 0. The molecule has 2 fully saturated rings. The van der Waals surface area contributed by atoms with Crippen LogP contribution in [0.2, 0.25) is 0 Å². The third kappa shape index (κ3) is 64.9. The van der Waals surface area contributed by atoms with Crippen LogP contribution < -0.4 is 0 Å². The number of unbranched alkanes of at least 4 members (excludes halogenated alkanes) is 50. The van der Waals surface area contributed by atoms with E-state index < -0.39 is 0 Å². The fourth-order valence-corrected chi connectivity index (χ4v) is 15.2. The Morgan fingerprint density at radius 3 is 0.405 bits per heavy atom. The van der Waals surface area contributed by atoms with Crippen LogP contribution in [0.15, 0.2) is 0 Å². The maximum atomic E-state index is 5.49. The van der Waals surface area contributed by atoms with Gasteiger partial charge in [0, 0.05) is 0 Å². The molecular formula is C82H162O2. The zero-order valence-electron chi connectivity index (χ0n) is 58.5. The molecule has 2 nitrogen and oxygen atoms in total. The highest BCUT2D eigenvalue weighted by molar-refractivity contribution is 4.65. The average Bonchev–Trinajstić information content (AvgIpc) is 3.55. The summed E-state index contributed by atoms with van der Waals surface area (Å²) in [5.74, 6) is 2.11. The Balaban J connectivity index is 1.12. The molecule has 0 aromatic carbocycles. The minimum atomic E-state index is 0.778. The molecule has 2 rings (SSSR count). The van der Waals surface area contributed by atoms with E-state index in [1.54, 1.807) is 0 Å². The van der Waals surface area contributed by atoms with E-state index in [0.29, 0.717) is 0 Å². The molecule has 2 aliphatic carbocycles. The van der Waals surface area contributed by atoms with Crippen molar-refractivity contribution >= 4 is 0 Å². The van der Waals surface area contributed by atoms with Gasteiger partial charge >= 0.3 is 0 Å². The quantitative estimate of drug-likeness (QED) is 0.0343. The predicted molar refractivity (Wildman–Crippen MR) is 379 cm³/mol. The molecule has 0 aromatic rings. The van der Waals surface area contributed by atoms with E-state index in [2.05, 4.69) is 0 Å². The molecule has 0 unspecified atom stereocenters. The summed E-state index contributed by atoms with van der Waals surface area (Å²) < 4.78 is 0. The summed E-state index contributed by atoms with van der Waals surface area (Å²) in [4.78, 5) is 11.0. The molecule has 0 saturated heterocycles. The van der Waals surface area contributed by atoms with Gasteiger partial charge in [-0.3, -0.25) is 0 Å². The first-order valence-electron chi connectivity index (χ1n) is 41.2. The minimum absolute atomic E-state index is 0.778. The van der Waals surface area contributed by atoms with Crippen LogP contribution in [0.5, 0.6) is 0 Å². The van der Waals surface area contributed by atoms with Crippen molar-refractivity contribution in [3.8, 4) is 0 Å². The van der Waals surface area contributed by atoms with Crippen LogP contribution in [0, 0.1) is 11.8 Å². The van der Waals surface area contributed by atoms with Gasteiger partial charge in [-0.2, -0.15) is 0 Å². The zero-order valence-corrected chi connectivity index (χ0v) is 58.5. The molecule has 2 heteroatoms. The van der Waals surface area contributed by atoms with Crippen molar-refractivity contribution in [3.05, 3.63) is 0 Å². The second-order valence-corrected chi connectivity index (χ2v) is 29.6. The number of rotatable bonds is 59. The van der Waals surface area contributed by atoms with Gasteiger partial charge in [-0.15, -0.1) is 0 Å². The lowest BCUT2D eigenvalue weighted by Crippen LogP contribution is -2.01. The third-order valence-electron chi connectivity index (χ3n) is 21.2. The van der Waals surface area contributed by atoms with E-state index in [9.17, 15) is 0 Å². The first kappa shape index (κ1) is 80.0. The smallest absolute Gasteiger partial charge is 0.0822 e. The summed E-state index contributed by atoms with van der Waals surface area (Å²) in [7, 11) is 0. The van der Waals surface area contributed by atoms with Crippen LogP contribution in [0.25, 0.3) is 0 Å². The van der Waals surface area contributed by atoms with Crippen LogP contribution in [0.3, 0.4) is 0 Å². The summed E-state index contributed by atoms with van der Waals surface area (Å²) in [6.45, 7) is 1.56. The molecule has 84 heavy (non-hydrogen) atoms. The lowest BCUT2D eigenvalue weighted by molar-refractivity contribution is -0.295. The first-order valence-corrected chi connectivity index (χ1v) is 41.2. The van der Waals surface area contributed by atoms with Gasteiger partial charge in [0.15, 0.2) is 0 Å². The Morgan fingerprint density at radius 1 is 0.131 bits per heavy atom. The lowest BCUT2D eigenvalue weighted by atomic mass is 9.89. The average molecular weight is 1180 g/mol. The second-order valence-electron chi connectivity index (χ2n) is 29.6. The van der Waals surface area contributed by atoms with E-state index in [0.717, 1.165) is 37.9 Å². The molecule has 0 aliphatic heterocycles. The Labute approximate surface area is 532 Å². The zero-order chi connectivity index (χ0) is 59.1. The van der Waals surface area contributed by atoms with Crippen LogP contribution in [0.4, 0.5) is 0 Å². The van der Waals surface area contributed by atoms with E-state index >= 15 is 0 Å². The molecule has 0 N–H and O–H groups in total. The van der Waals surface area contributed by atoms with Crippen molar-refractivity contribution in [2.45, 2.75) is 501 Å². The van der Waals surface area contributed by atoms with E-state index in [1.165, 1.54) is 488 Å². The van der Waals surface area contributed by atoms with Crippen molar-refractivity contribution in [3.63, 3.8) is 0 Å². The minimum Gasteiger partial charge on any atom is -0.237 e. The SMILES string of the molecule is C(CCCCCCCCCCCCCCC1CCCCCCCCCCCC1)CCCCCCCCCCCCCOOCCCCCCCCCCCCCCCCCCCCCCCCCCCCC1CCCCCCCCCCCC1. The number of hydrogen-bond donors (Lipinski definition) is 0. The van der Waals surface area contributed by atoms with Crippen molar-refractivity contribution in [1.82, 2.24) is 0 Å². The first-order chi connectivity index (χ1) is 41.9. The Morgan fingerprint density at radius 2 is 0.250 bits per heavy atom. The predicted octanol–water partition coefficient (Wildman–Crippen LogP) is 30.6. The molecule has 0 aromatic heterocycles. The van der Waals surface area contributed by atoms with Gasteiger partial charge in [0.25, 0.3) is 0 Å². The van der Waals surface area contributed by atoms with Gasteiger partial charge in [0.05, 0.1) is 13.2 Å². The number of hydrogen-bond acceptors (Lipinski definition) is 2. The van der Waals surface area contributed by atoms with Gasteiger partial charge in [-0.1, -0.05) is 488 Å². The Bertz CT molecular complexity index is 1030. The third-order valence-corrected chi connectivity index (χ3v) is 21.2. The molecule has 2 saturated carbocycles. The summed E-state index contributed by atoms with van der Waals surface area (Å²) in [6, 6.07) is 0. The summed E-state index contributed by atoms with van der Waals surface area (Å²) in [5, 5.41) is 0. The van der Waals surface area contributed by atoms with Gasteiger partial charge in [-0.25, -0.2) is 9.78 Å². The highest BCUT2D eigenvalue weighted by Crippen LogP contribution is 2.28. The van der Waals surface area contributed by atoms with Gasteiger partial charge < -0.3 is 0 Å². The van der Waals surface area contributed by atoms with E-state index in [-0.39, 0.29) is 0 Å². The largest absolute Gasteiger partial charge is 0.237 e. The monoisotopic (exact) mass is 1180 g/mol. The van der Waals surface area contributed by atoms with E-state index in [4.69, 9.17) is 9.78 Å². The molecule has 0 heterocycles. The molecule has 0 bridgehead atoms. The molecule has 2 aliphatic rings. The fraction of sp³-hybridized carbons (Fsp3) is 1.00. The van der Waals surface area contributed by atoms with Crippen molar-refractivity contribution < 1.29 is 9.78 Å². The Hall–Kier alpha value is -0.0800. The van der Waals surface area contributed by atoms with Crippen molar-refractivity contribution in [2.75, 3.05) is 13.2 Å². The summed E-state index contributed by atoms with van der Waals surface area (Å²) in [5.41, 5.74) is 0. The topological polar surface area (TPSA) is 18.5 Å². The maximum Gasteiger partial charge on any atom is 0.0822 e. The Kier molecular flexibility index (Phi) is 68.6. The van der Waals surface area contributed by atoms with Gasteiger partial charge in [0.2, 0.25) is 0 Å². The van der Waals surface area contributed by atoms with Crippen LogP contribution in [0.1, 0.15) is 501 Å². The summed E-state index contributed by atoms with van der Waals surface area (Å²) in [6.07, 6.45) is 115. The molecule has 502 valence electrons. The molecular weight excluding hydrogens is 1020 g/mol. The maximum absolute atomic E-state index is 5.49. The van der Waals surface area contributed by atoms with Crippen molar-refractivity contribution in [2.24, 2.45) is 11.8 Å². The molecule has 0 spiro atoms. The highest BCUT2D eigenvalue weighted by Gasteiger charge is 2.12. The standard InChI is InChI=1S/C82H162O2/c1(5-9-13-17-21-25-29-33-41-49-57-65-73-81-75-67-59-51-43-35-36-44-52-60-68-76-81)3-7-11-15-19-23-27-31-39-47-55-63-71-79-83-84-80-72-64-56-48-40-32-28-24-20-16-12-8-4-2-6-10-14-18-22-26-30-34-42-50-58-66-74-82-77-69-61-53-45-37-38-46-54-62-70-78-82/h81-82H,1-80H2. The molecule has 0 atom stereocenters. The van der Waals surface area contributed by atoms with Crippen LogP contribution >= 0.6 is 0 Å². The second kappa shape index (κ2) is 72.0.